The van der Waals surface area contributed by atoms with Gasteiger partial charge in [-0.25, -0.2) is 0 Å². The van der Waals surface area contributed by atoms with Crippen molar-refractivity contribution in [1.29, 1.82) is 0 Å². The van der Waals surface area contributed by atoms with Gasteiger partial charge < -0.3 is 10.6 Å². The zero-order valence-electron chi connectivity index (χ0n) is 10.9. The minimum atomic E-state index is 0.287. The average Bonchev–Trinajstić information content (AvgIpc) is 3.10. The van der Waals surface area contributed by atoms with Gasteiger partial charge >= 0.3 is 0 Å². The van der Waals surface area contributed by atoms with Crippen molar-refractivity contribution < 1.29 is 0 Å². The van der Waals surface area contributed by atoms with Gasteiger partial charge in [-0.2, -0.15) is 0 Å². The molecule has 2 N–H and O–H groups in total. The van der Waals surface area contributed by atoms with Crippen LogP contribution in [0.25, 0.3) is 0 Å². The van der Waals surface area contributed by atoms with Gasteiger partial charge in [0.25, 0.3) is 0 Å². The van der Waals surface area contributed by atoms with Crippen LogP contribution in [0.3, 0.4) is 0 Å². The summed E-state index contributed by atoms with van der Waals surface area (Å²) in [4.78, 5) is 2.67. The molecule has 4 rings (SSSR count). The Morgan fingerprint density at radius 3 is 3.11 bits per heavy atom. The van der Waals surface area contributed by atoms with Crippen molar-refractivity contribution in [3.8, 4) is 0 Å². The van der Waals surface area contributed by atoms with Crippen LogP contribution in [0, 0.1) is 11.8 Å². The molecule has 0 radical (unpaired) electrons. The van der Waals surface area contributed by atoms with Crippen LogP contribution in [-0.4, -0.2) is 18.6 Å². The lowest BCUT2D eigenvalue weighted by Crippen LogP contribution is -2.56. The Morgan fingerprint density at radius 1 is 1.33 bits per heavy atom. The Balaban J connectivity index is 1.74. The van der Waals surface area contributed by atoms with Crippen molar-refractivity contribution in [2.24, 2.45) is 17.6 Å². The molecule has 3 unspecified atom stereocenters. The number of nitrogens with zero attached hydrogens (tertiary/aromatic N) is 1. The van der Waals surface area contributed by atoms with Gasteiger partial charge in [-0.1, -0.05) is 24.6 Å². The Hall–Kier alpha value is -1.02. The first-order valence-electron chi connectivity index (χ1n) is 7.41. The minimum absolute atomic E-state index is 0.287. The van der Waals surface area contributed by atoms with E-state index in [1.165, 1.54) is 49.9 Å². The first-order valence-corrected chi connectivity index (χ1v) is 7.41. The van der Waals surface area contributed by atoms with Crippen molar-refractivity contribution in [2.75, 3.05) is 18.0 Å². The van der Waals surface area contributed by atoms with E-state index in [0.29, 0.717) is 0 Å². The van der Waals surface area contributed by atoms with Crippen molar-refractivity contribution in [1.82, 2.24) is 0 Å². The lowest BCUT2D eigenvalue weighted by molar-refractivity contribution is 0.264. The fourth-order valence-corrected chi connectivity index (χ4v) is 4.58. The highest BCUT2D eigenvalue weighted by Gasteiger charge is 2.57. The molecule has 0 spiro atoms. The van der Waals surface area contributed by atoms with E-state index in [1.807, 2.05) is 0 Å². The van der Waals surface area contributed by atoms with Crippen LogP contribution >= 0.6 is 0 Å². The van der Waals surface area contributed by atoms with E-state index >= 15 is 0 Å². The number of anilines is 1. The third-order valence-electron chi connectivity index (χ3n) is 5.58. The highest BCUT2D eigenvalue weighted by molar-refractivity contribution is 5.60. The molecule has 1 aliphatic heterocycles. The molecule has 2 nitrogen and oxygen atoms in total. The maximum absolute atomic E-state index is 6.25. The molecule has 1 heterocycles. The van der Waals surface area contributed by atoms with Gasteiger partial charge in [0.1, 0.15) is 0 Å². The third-order valence-corrected chi connectivity index (χ3v) is 5.58. The summed E-state index contributed by atoms with van der Waals surface area (Å²) in [6, 6.07) is 8.92. The van der Waals surface area contributed by atoms with Gasteiger partial charge in [-0.15, -0.1) is 0 Å². The third kappa shape index (κ3) is 1.33. The molecule has 1 aromatic rings. The number of fused-ring (bicyclic) bond motifs is 2. The minimum Gasteiger partial charge on any atom is -0.364 e. The standard InChI is InChI=1S/C16H22N2/c17-11-16(8-3-5-13-10-14(13)16)18-9-7-12-4-1-2-6-15(12)18/h1-2,4,6,13-14H,3,5,7-11,17H2. The molecule has 2 aliphatic carbocycles. The molecule has 0 saturated heterocycles. The number of rotatable bonds is 2. The lowest BCUT2D eigenvalue weighted by Gasteiger charge is -2.46. The molecule has 2 heteroatoms. The Labute approximate surface area is 109 Å². The number of benzene rings is 1. The molecule has 2 fully saturated rings. The fourth-order valence-electron chi connectivity index (χ4n) is 4.58. The van der Waals surface area contributed by atoms with Crippen molar-refractivity contribution in [3.05, 3.63) is 29.8 Å². The van der Waals surface area contributed by atoms with Crippen LogP contribution in [0.15, 0.2) is 24.3 Å². The zero-order chi connectivity index (χ0) is 12.2. The summed E-state index contributed by atoms with van der Waals surface area (Å²) < 4.78 is 0. The van der Waals surface area contributed by atoms with E-state index in [-0.39, 0.29) is 5.54 Å². The van der Waals surface area contributed by atoms with Gasteiger partial charge in [-0.3, -0.25) is 0 Å². The first kappa shape index (κ1) is 10.9. The molecule has 0 amide bonds. The van der Waals surface area contributed by atoms with Gasteiger partial charge in [0.15, 0.2) is 0 Å². The molecule has 18 heavy (non-hydrogen) atoms. The zero-order valence-corrected chi connectivity index (χ0v) is 10.9. The quantitative estimate of drug-likeness (QED) is 0.863. The highest BCUT2D eigenvalue weighted by atomic mass is 15.2. The summed E-state index contributed by atoms with van der Waals surface area (Å²) in [5.41, 5.74) is 9.53. The number of para-hydroxylation sites is 1. The molecule has 1 aromatic carbocycles. The average molecular weight is 242 g/mol. The SMILES string of the molecule is NCC1(N2CCc3ccccc32)CCCC2CC21. The maximum Gasteiger partial charge on any atom is 0.0555 e. The molecular weight excluding hydrogens is 220 g/mol. The Morgan fingerprint density at radius 2 is 2.22 bits per heavy atom. The Kier molecular flexibility index (Phi) is 2.25. The van der Waals surface area contributed by atoms with Crippen LogP contribution in [0.4, 0.5) is 5.69 Å². The van der Waals surface area contributed by atoms with E-state index in [2.05, 4.69) is 29.2 Å². The molecule has 0 aromatic heterocycles. The number of hydrogen-bond acceptors (Lipinski definition) is 2. The van der Waals surface area contributed by atoms with Crippen LogP contribution in [0.2, 0.25) is 0 Å². The van der Waals surface area contributed by atoms with E-state index < -0.39 is 0 Å². The fraction of sp³-hybridized carbons (Fsp3) is 0.625. The van der Waals surface area contributed by atoms with Crippen LogP contribution in [0.1, 0.15) is 31.2 Å². The normalized spacial score (nSPS) is 37.3. The Bertz CT molecular complexity index is 470. The predicted octanol–water partition coefficient (Wildman–Crippen LogP) is 2.57. The largest absolute Gasteiger partial charge is 0.364 e. The van der Waals surface area contributed by atoms with Crippen LogP contribution in [-0.2, 0) is 6.42 Å². The van der Waals surface area contributed by atoms with Crippen LogP contribution < -0.4 is 10.6 Å². The molecule has 96 valence electrons. The van der Waals surface area contributed by atoms with Crippen LogP contribution in [0.5, 0.6) is 0 Å². The predicted molar refractivity (Wildman–Crippen MR) is 74.7 cm³/mol. The summed E-state index contributed by atoms with van der Waals surface area (Å²) >= 11 is 0. The second-order valence-corrected chi connectivity index (χ2v) is 6.33. The second-order valence-electron chi connectivity index (χ2n) is 6.33. The highest BCUT2D eigenvalue weighted by Crippen LogP contribution is 2.58. The number of hydrogen-bond donors (Lipinski definition) is 1. The second kappa shape index (κ2) is 3.74. The van der Waals surface area contributed by atoms with E-state index in [9.17, 15) is 0 Å². The van der Waals surface area contributed by atoms with Crippen molar-refractivity contribution >= 4 is 5.69 Å². The summed E-state index contributed by atoms with van der Waals surface area (Å²) in [5, 5.41) is 0. The van der Waals surface area contributed by atoms with Crippen molar-refractivity contribution in [2.45, 2.75) is 37.6 Å². The maximum atomic E-state index is 6.25. The molecule has 3 atom stereocenters. The number of nitrogens with two attached hydrogens (primary N) is 1. The van der Waals surface area contributed by atoms with Gasteiger partial charge in [0.2, 0.25) is 0 Å². The van der Waals surface area contributed by atoms with E-state index in [0.717, 1.165) is 18.4 Å². The topological polar surface area (TPSA) is 29.3 Å². The van der Waals surface area contributed by atoms with Gasteiger partial charge in [0, 0.05) is 18.8 Å². The van der Waals surface area contributed by atoms with Gasteiger partial charge in [0.05, 0.1) is 5.54 Å². The smallest absolute Gasteiger partial charge is 0.0555 e. The van der Waals surface area contributed by atoms with E-state index in [1.54, 1.807) is 0 Å². The monoisotopic (exact) mass is 242 g/mol. The summed E-state index contributed by atoms with van der Waals surface area (Å²) in [7, 11) is 0. The summed E-state index contributed by atoms with van der Waals surface area (Å²) in [6.45, 7) is 2.02. The molecule has 2 saturated carbocycles. The molecular formula is C16H22N2. The van der Waals surface area contributed by atoms with E-state index in [4.69, 9.17) is 5.73 Å². The van der Waals surface area contributed by atoms with Gasteiger partial charge in [-0.05, 0) is 49.1 Å². The summed E-state index contributed by atoms with van der Waals surface area (Å²) in [6.07, 6.45) is 6.75. The molecule has 3 aliphatic rings. The lowest BCUT2D eigenvalue weighted by atomic mass is 9.79. The summed E-state index contributed by atoms with van der Waals surface area (Å²) in [5.74, 6) is 1.86. The molecule has 0 bridgehead atoms. The first-order chi connectivity index (χ1) is 8.85. The van der Waals surface area contributed by atoms with Crippen molar-refractivity contribution in [3.63, 3.8) is 0 Å².